The molecule has 1 fully saturated rings. The third-order valence-corrected chi connectivity index (χ3v) is 6.73. The lowest BCUT2D eigenvalue weighted by Gasteiger charge is -2.31. The number of hydrogen-bond donors (Lipinski definition) is 1. The number of alkyl halides is 3. The Hall–Kier alpha value is -4.87. The van der Waals surface area contributed by atoms with Crippen LogP contribution in [0.1, 0.15) is 18.4 Å². The van der Waals surface area contributed by atoms with Crippen molar-refractivity contribution in [3.05, 3.63) is 85.0 Å². The van der Waals surface area contributed by atoms with Gasteiger partial charge in [0.05, 0.1) is 12.6 Å². The minimum Gasteiger partial charge on any atom is -0.493 e. The Morgan fingerprint density at radius 3 is 2.43 bits per heavy atom. The SMILES string of the molecule is C=CC(=O)N1CCC(Oc2cc3c(Nc4ccc(Oc5ccc(F)cc5)c(C(F)(F)F)c4)ncnc3cc2OC)CC1. The molecule has 0 aliphatic carbocycles. The Balaban J connectivity index is 1.42. The van der Waals surface area contributed by atoms with E-state index in [1.165, 1.54) is 43.8 Å². The van der Waals surface area contributed by atoms with Crippen molar-refractivity contribution in [2.24, 2.45) is 0 Å². The third-order valence-electron chi connectivity index (χ3n) is 6.73. The van der Waals surface area contributed by atoms with Crippen molar-refractivity contribution >= 4 is 28.3 Å². The Morgan fingerprint density at radius 2 is 1.76 bits per heavy atom. The number of likely N-dealkylation sites (tertiary alicyclic amines) is 1. The van der Waals surface area contributed by atoms with Gasteiger partial charge in [-0.05, 0) is 54.6 Å². The molecular weight excluding hydrogens is 556 g/mol. The lowest BCUT2D eigenvalue weighted by molar-refractivity contribution is -0.138. The van der Waals surface area contributed by atoms with Crippen LogP contribution in [-0.4, -0.2) is 47.1 Å². The van der Waals surface area contributed by atoms with Gasteiger partial charge in [0.15, 0.2) is 11.5 Å². The fourth-order valence-electron chi connectivity index (χ4n) is 4.60. The van der Waals surface area contributed by atoms with E-state index in [9.17, 15) is 22.4 Å². The number of benzene rings is 3. The summed E-state index contributed by atoms with van der Waals surface area (Å²) in [5.41, 5.74) is -0.441. The Bertz CT molecular complexity index is 1600. The molecule has 0 bridgehead atoms. The molecule has 4 aromatic rings. The molecule has 5 rings (SSSR count). The number of carbonyl (C=O) groups is 1. The van der Waals surface area contributed by atoms with Crippen molar-refractivity contribution in [1.82, 2.24) is 14.9 Å². The normalized spacial score (nSPS) is 14.0. The van der Waals surface area contributed by atoms with Crippen molar-refractivity contribution in [3.63, 3.8) is 0 Å². The number of rotatable bonds is 8. The van der Waals surface area contributed by atoms with Gasteiger partial charge in [-0.15, -0.1) is 0 Å². The highest BCUT2D eigenvalue weighted by molar-refractivity contribution is 5.93. The van der Waals surface area contributed by atoms with Crippen LogP contribution in [0.5, 0.6) is 23.0 Å². The van der Waals surface area contributed by atoms with Crippen LogP contribution in [0.4, 0.5) is 29.1 Å². The van der Waals surface area contributed by atoms with E-state index in [0.29, 0.717) is 48.3 Å². The number of anilines is 2. The average Bonchev–Trinajstić information content (AvgIpc) is 2.98. The summed E-state index contributed by atoms with van der Waals surface area (Å²) in [5, 5.41) is 3.44. The molecular formula is C30H26F4N4O4. The van der Waals surface area contributed by atoms with Gasteiger partial charge < -0.3 is 24.4 Å². The zero-order valence-corrected chi connectivity index (χ0v) is 22.5. The molecule has 12 heteroatoms. The maximum atomic E-state index is 14.0. The highest BCUT2D eigenvalue weighted by Crippen LogP contribution is 2.41. The predicted molar refractivity (Wildman–Crippen MR) is 148 cm³/mol. The van der Waals surface area contributed by atoms with Crippen molar-refractivity contribution in [2.45, 2.75) is 25.1 Å². The second kappa shape index (κ2) is 11.9. The number of piperidine rings is 1. The number of carbonyl (C=O) groups excluding carboxylic acids is 1. The number of aromatic nitrogens is 2. The second-order valence-corrected chi connectivity index (χ2v) is 9.48. The first-order valence-corrected chi connectivity index (χ1v) is 13.0. The van der Waals surface area contributed by atoms with Gasteiger partial charge in [-0.25, -0.2) is 14.4 Å². The molecule has 3 aromatic carbocycles. The van der Waals surface area contributed by atoms with Crippen molar-refractivity contribution in [3.8, 4) is 23.0 Å². The van der Waals surface area contributed by atoms with Crippen LogP contribution in [0.2, 0.25) is 0 Å². The summed E-state index contributed by atoms with van der Waals surface area (Å²) in [7, 11) is 1.49. The highest BCUT2D eigenvalue weighted by atomic mass is 19.4. The maximum Gasteiger partial charge on any atom is 0.420 e. The van der Waals surface area contributed by atoms with Crippen molar-refractivity contribution in [2.75, 3.05) is 25.5 Å². The average molecular weight is 583 g/mol. The summed E-state index contributed by atoms with van der Waals surface area (Å²) in [6.45, 7) is 4.56. The predicted octanol–water partition coefficient (Wildman–Crippen LogP) is 6.89. The maximum absolute atomic E-state index is 14.0. The monoisotopic (exact) mass is 582 g/mol. The van der Waals surface area contributed by atoms with Gasteiger partial charge in [0, 0.05) is 43.1 Å². The van der Waals surface area contributed by atoms with Gasteiger partial charge in [0.2, 0.25) is 5.91 Å². The first kappa shape index (κ1) is 28.7. The van der Waals surface area contributed by atoms with Crippen LogP contribution in [0.15, 0.2) is 73.6 Å². The molecule has 8 nitrogen and oxygen atoms in total. The molecule has 0 spiro atoms. The van der Waals surface area contributed by atoms with Crippen LogP contribution in [0, 0.1) is 5.82 Å². The zero-order chi connectivity index (χ0) is 29.9. The first-order valence-electron chi connectivity index (χ1n) is 13.0. The fraction of sp³-hybridized carbons (Fsp3) is 0.233. The number of ether oxygens (including phenoxy) is 3. The van der Waals surface area contributed by atoms with E-state index in [4.69, 9.17) is 14.2 Å². The Labute approximate surface area is 238 Å². The van der Waals surface area contributed by atoms with Gasteiger partial charge in [0.25, 0.3) is 0 Å². The lowest BCUT2D eigenvalue weighted by atomic mass is 10.1. The van der Waals surface area contributed by atoms with Crippen LogP contribution in [0.3, 0.4) is 0 Å². The molecule has 1 aromatic heterocycles. The van der Waals surface area contributed by atoms with Gasteiger partial charge in [-0.2, -0.15) is 13.2 Å². The van der Waals surface area contributed by atoms with Gasteiger partial charge in [0.1, 0.15) is 41.1 Å². The van der Waals surface area contributed by atoms with E-state index in [1.54, 1.807) is 17.0 Å². The van der Waals surface area contributed by atoms with E-state index in [0.717, 1.165) is 18.2 Å². The summed E-state index contributed by atoms with van der Waals surface area (Å²) in [5.74, 6) is 0.0465. The van der Waals surface area contributed by atoms with Gasteiger partial charge in [-0.1, -0.05) is 6.58 Å². The quantitative estimate of drug-likeness (QED) is 0.179. The Kier molecular flexibility index (Phi) is 8.14. The number of nitrogens with one attached hydrogen (secondary N) is 1. The second-order valence-electron chi connectivity index (χ2n) is 9.48. The van der Waals surface area contributed by atoms with Crippen molar-refractivity contribution < 1.29 is 36.6 Å². The Morgan fingerprint density at radius 1 is 1.02 bits per heavy atom. The smallest absolute Gasteiger partial charge is 0.420 e. The van der Waals surface area contributed by atoms with E-state index in [2.05, 4.69) is 21.9 Å². The summed E-state index contributed by atoms with van der Waals surface area (Å²) < 4.78 is 72.3. The topological polar surface area (TPSA) is 85.8 Å². The molecule has 1 N–H and O–H groups in total. The molecule has 0 radical (unpaired) electrons. The number of fused-ring (bicyclic) bond motifs is 1. The minimum absolute atomic E-state index is 0.0591. The van der Waals surface area contributed by atoms with Crippen LogP contribution >= 0.6 is 0 Å². The molecule has 1 saturated heterocycles. The number of nitrogens with zero attached hydrogens (tertiary/aromatic N) is 3. The summed E-state index contributed by atoms with van der Waals surface area (Å²) in [6.07, 6.45) is -1.15. The van der Waals surface area contributed by atoms with E-state index in [1.807, 2.05) is 0 Å². The molecule has 2 heterocycles. The van der Waals surface area contributed by atoms with E-state index in [-0.39, 0.29) is 29.3 Å². The van der Waals surface area contributed by atoms with E-state index >= 15 is 0 Å². The van der Waals surface area contributed by atoms with Crippen LogP contribution in [0.25, 0.3) is 10.9 Å². The number of amides is 1. The summed E-state index contributed by atoms with van der Waals surface area (Å²) >= 11 is 0. The standard InChI is InChI=1S/C30H26F4N4O4/c1-3-28(39)38-12-10-21(11-13-38)42-27-15-22-24(16-26(27)40-2)35-17-36-29(22)37-19-6-9-25(23(14-19)30(32,33)34)41-20-7-4-18(31)5-8-20/h3-9,14-17,21H,1,10-13H2,2H3,(H,35,36,37). The van der Waals surface area contributed by atoms with Gasteiger partial charge >= 0.3 is 6.18 Å². The molecule has 0 saturated carbocycles. The van der Waals surface area contributed by atoms with Crippen LogP contribution < -0.4 is 19.5 Å². The lowest BCUT2D eigenvalue weighted by Crippen LogP contribution is -2.41. The summed E-state index contributed by atoms with van der Waals surface area (Å²) in [6, 6.07) is 11.5. The highest BCUT2D eigenvalue weighted by Gasteiger charge is 2.35. The molecule has 1 aliphatic rings. The molecule has 0 unspecified atom stereocenters. The molecule has 42 heavy (non-hydrogen) atoms. The van der Waals surface area contributed by atoms with Crippen LogP contribution in [-0.2, 0) is 11.0 Å². The summed E-state index contributed by atoms with van der Waals surface area (Å²) in [4.78, 5) is 22.1. The number of hydrogen-bond acceptors (Lipinski definition) is 7. The van der Waals surface area contributed by atoms with E-state index < -0.39 is 23.3 Å². The molecule has 1 aliphatic heterocycles. The first-order chi connectivity index (χ1) is 20.1. The van der Waals surface area contributed by atoms with Crippen molar-refractivity contribution in [1.29, 1.82) is 0 Å². The fourth-order valence-corrected chi connectivity index (χ4v) is 4.60. The number of methoxy groups -OCH3 is 1. The number of halogens is 4. The molecule has 218 valence electrons. The largest absolute Gasteiger partial charge is 0.493 e. The zero-order valence-electron chi connectivity index (χ0n) is 22.5. The third kappa shape index (κ3) is 6.37. The molecule has 0 atom stereocenters. The molecule has 1 amide bonds. The van der Waals surface area contributed by atoms with Gasteiger partial charge in [-0.3, -0.25) is 4.79 Å². The minimum atomic E-state index is -4.74.